The number of likely N-dealkylation sites (N-methyl/N-ethyl adjacent to an activating group) is 1. The molecular weight excluding hydrogens is 339 g/mol. The number of carbonyl (C=O) groups excluding carboxylic acids is 2. The Kier molecular flexibility index (Phi) is 5.73. The van der Waals surface area contributed by atoms with Crippen molar-refractivity contribution in [3.63, 3.8) is 0 Å². The summed E-state index contributed by atoms with van der Waals surface area (Å²) >= 11 is 0. The maximum Gasteiger partial charge on any atom is 0.247 e. The minimum absolute atomic E-state index is 0.00118. The average molecular weight is 364 g/mol. The molecule has 2 heterocycles. The van der Waals surface area contributed by atoms with Gasteiger partial charge in [-0.05, 0) is 24.6 Å². The van der Waals surface area contributed by atoms with Crippen molar-refractivity contribution in [2.75, 3.05) is 58.3 Å². The normalized spacial score (nSPS) is 23.7. The third-order valence-electron chi connectivity index (χ3n) is 4.95. The minimum Gasteiger partial charge on any atom is -0.379 e. The maximum absolute atomic E-state index is 13.5. The van der Waals surface area contributed by atoms with Crippen LogP contribution in [0.1, 0.15) is 6.42 Å². The van der Waals surface area contributed by atoms with Crippen molar-refractivity contribution in [3.05, 3.63) is 30.1 Å². The molecule has 2 aliphatic rings. The summed E-state index contributed by atoms with van der Waals surface area (Å²) in [6.45, 7) is 3.81. The molecular formula is C18H25FN4O3. The van der Waals surface area contributed by atoms with Crippen molar-refractivity contribution in [2.24, 2.45) is 0 Å². The smallest absolute Gasteiger partial charge is 0.247 e. The highest BCUT2D eigenvalue weighted by molar-refractivity contribution is 5.91. The Balaban J connectivity index is 1.69. The van der Waals surface area contributed by atoms with E-state index in [2.05, 4.69) is 15.5 Å². The summed E-state index contributed by atoms with van der Waals surface area (Å²) in [4.78, 5) is 29.0. The van der Waals surface area contributed by atoms with Crippen molar-refractivity contribution in [1.82, 2.24) is 15.1 Å². The second-order valence-corrected chi connectivity index (χ2v) is 6.75. The highest BCUT2D eigenvalue weighted by atomic mass is 19.1. The molecule has 0 aliphatic carbocycles. The number of nitrogens with one attached hydrogen (secondary N) is 2. The van der Waals surface area contributed by atoms with Crippen LogP contribution in [0, 0.1) is 5.82 Å². The summed E-state index contributed by atoms with van der Waals surface area (Å²) < 4.78 is 18.8. The summed E-state index contributed by atoms with van der Waals surface area (Å²) in [7, 11) is 1.57. The van der Waals surface area contributed by atoms with E-state index in [0.29, 0.717) is 38.4 Å². The zero-order chi connectivity index (χ0) is 18.6. The van der Waals surface area contributed by atoms with Gasteiger partial charge < -0.3 is 20.3 Å². The van der Waals surface area contributed by atoms with E-state index in [-0.39, 0.29) is 24.2 Å². The van der Waals surface area contributed by atoms with E-state index in [1.54, 1.807) is 24.1 Å². The van der Waals surface area contributed by atoms with Crippen LogP contribution in [0.15, 0.2) is 24.3 Å². The van der Waals surface area contributed by atoms with Gasteiger partial charge in [-0.1, -0.05) is 6.07 Å². The van der Waals surface area contributed by atoms with Gasteiger partial charge in [-0.2, -0.15) is 0 Å². The highest BCUT2D eigenvalue weighted by Crippen LogP contribution is 2.27. The van der Waals surface area contributed by atoms with Crippen LogP contribution in [-0.2, 0) is 14.3 Å². The van der Waals surface area contributed by atoms with Crippen LogP contribution in [0.3, 0.4) is 0 Å². The molecule has 2 saturated heterocycles. The number of morpholine rings is 1. The zero-order valence-electron chi connectivity index (χ0n) is 15.0. The van der Waals surface area contributed by atoms with Gasteiger partial charge in [0.05, 0.1) is 26.3 Å². The number of benzene rings is 1. The molecule has 26 heavy (non-hydrogen) atoms. The summed E-state index contributed by atoms with van der Waals surface area (Å²) in [5, 5.41) is 5.82. The van der Waals surface area contributed by atoms with E-state index < -0.39 is 5.54 Å². The van der Waals surface area contributed by atoms with E-state index in [4.69, 9.17) is 4.74 Å². The van der Waals surface area contributed by atoms with Gasteiger partial charge in [-0.25, -0.2) is 4.39 Å². The lowest BCUT2D eigenvalue weighted by molar-refractivity contribution is -0.132. The highest BCUT2D eigenvalue weighted by Gasteiger charge is 2.45. The molecule has 7 nitrogen and oxygen atoms in total. The maximum atomic E-state index is 13.5. The van der Waals surface area contributed by atoms with Crippen molar-refractivity contribution >= 4 is 17.5 Å². The van der Waals surface area contributed by atoms with Crippen molar-refractivity contribution in [2.45, 2.75) is 12.0 Å². The monoisotopic (exact) mass is 364 g/mol. The number of hydrogen-bond donors (Lipinski definition) is 2. The van der Waals surface area contributed by atoms with E-state index in [0.717, 1.165) is 13.1 Å². The fourth-order valence-corrected chi connectivity index (χ4v) is 3.50. The molecule has 142 valence electrons. The van der Waals surface area contributed by atoms with Gasteiger partial charge in [0.1, 0.15) is 11.4 Å². The third-order valence-corrected chi connectivity index (χ3v) is 4.95. The summed E-state index contributed by atoms with van der Waals surface area (Å²) in [6, 6.07) is 6.00. The van der Waals surface area contributed by atoms with Gasteiger partial charge >= 0.3 is 0 Å². The average Bonchev–Trinajstić information content (AvgIpc) is 3.07. The van der Waals surface area contributed by atoms with E-state index in [1.165, 1.54) is 12.1 Å². The van der Waals surface area contributed by atoms with Crippen LogP contribution in [0.5, 0.6) is 0 Å². The Morgan fingerprint density at radius 3 is 2.73 bits per heavy atom. The summed E-state index contributed by atoms with van der Waals surface area (Å²) in [5.41, 5.74) is -0.431. The predicted octanol–water partition coefficient (Wildman–Crippen LogP) is 0.287. The van der Waals surface area contributed by atoms with Gasteiger partial charge in [0.25, 0.3) is 0 Å². The first kappa shape index (κ1) is 18.6. The third kappa shape index (κ3) is 4.13. The summed E-state index contributed by atoms with van der Waals surface area (Å²) in [5.74, 6) is -0.581. The predicted molar refractivity (Wildman–Crippen MR) is 95.3 cm³/mol. The van der Waals surface area contributed by atoms with Crippen LogP contribution >= 0.6 is 0 Å². The molecule has 0 bridgehead atoms. The molecule has 2 N–H and O–H groups in total. The van der Waals surface area contributed by atoms with Gasteiger partial charge in [-0.15, -0.1) is 0 Å². The van der Waals surface area contributed by atoms with Gasteiger partial charge in [-0.3, -0.25) is 14.5 Å². The first-order valence-corrected chi connectivity index (χ1v) is 8.86. The number of amides is 2. The molecule has 1 atom stereocenters. The lowest BCUT2D eigenvalue weighted by atomic mass is 9.96. The van der Waals surface area contributed by atoms with Gasteiger partial charge in [0.15, 0.2) is 0 Å². The number of nitrogens with zero attached hydrogens (tertiary/aromatic N) is 2. The van der Waals surface area contributed by atoms with Crippen LogP contribution in [0.25, 0.3) is 0 Å². The fraction of sp³-hybridized carbons (Fsp3) is 0.556. The molecule has 8 heteroatoms. The second kappa shape index (κ2) is 8.01. The van der Waals surface area contributed by atoms with Crippen LogP contribution < -0.4 is 10.6 Å². The molecule has 2 fully saturated rings. The second-order valence-electron chi connectivity index (χ2n) is 6.75. The van der Waals surface area contributed by atoms with Gasteiger partial charge in [0, 0.05) is 32.4 Å². The van der Waals surface area contributed by atoms with E-state index in [1.807, 2.05) is 0 Å². The Morgan fingerprint density at radius 2 is 2.04 bits per heavy atom. The molecule has 0 saturated carbocycles. The number of hydrogen-bond acceptors (Lipinski definition) is 5. The lowest BCUT2D eigenvalue weighted by Crippen LogP contribution is -2.54. The number of likely N-dealkylation sites (tertiary alicyclic amines) is 1. The number of rotatable bonds is 5. The SMILES string of the molecule is CNC(=O)C1(Nc2cccc(F)c2)CCN(C(=O)CN2CCOCC2)C1. The molecule has 1 aromatic carbocycles. The van der Waals surface area contributed by atoms with Crippen molar-refractivity contribution in [3.8, 4) is 0 Å². The molecule has 2 amide bonds. The number of carbonyl (C=O) groups is 2. The number of ether oxygens (including phenoxy) is 1. The van der Waals surface area contributed by atoms with Gasteiger partial charge in [0.2, 0.25) is 11.8 Å². The van der Waals surface area contributed by atoms with Crippen molar-refractivity contribution in [1.29, 1.82) is 0 Å². The van der Waals surface area contributed by atoms with E-state index in [9.17, 15) is 14.0 Å². The Morgan fingerprint density at radius 1 is 1.27 bits per heavy atom. The largest absolute Gasteiger partial charge is 0.379 e. The quantitative estimate of drug-likeness (QED) is 0.786. The Hall–Kier alpha value is -2.19. The lowest BCUT2D eigenvalue weighted by Gasteiger charge is -2.31. The molecule has 1 aromatic rings. The molecule has 0 aromatic heterocycles. The van der Waals surface area contributed by atoms with E-state index >= 15 is 0 Å². The topological polar surface area (TPSA) is 73.9 Å². The molecule has 1 unspecified atom stereocenters. The molecule has 3 rings (SSSR count). The molecule has 0 spiro atoms. The van der Waals surface area contributed by atoms with Crippen LogP contribution in [-0.4, -0.2) is 80.1 Å². The Bertz CT molecular complexity index is 666. The molecule has 2 aliphatic heterocycles. The zero-order valence-corrected chi connectivity index (χ0v) is 15.0. The number of anilines is 1. The first-order valence-electron chi connectivity index (χ1n) is 8.86. The first-order chi connectivity index (χ1) is 12.5. The number of halogens is 1. The Labute approximate surface area is 152 Å². The fourth-order valence-electron chi connectivity index (χ4n) is 3.50. The minimum atomic E-state index is -0.955. The standard InChI is InChI=1S/C18H25FN4O3/c1-20-17(25)18(21-15-4-2-3-14(19)11-15)5-6-23(13-18)16(24)12-22-7-9-26-10-8-22/h2-4,11,21H,5-10,12-13H2,1H3,(H,20,25). The molecule has 0 radical (unpaired) electrons. The van der Waals surface area contributed by atoms with Crippen molar-refractivity contribution < 1.29 is 18.7 Å². The summed E-state index contributed by atoms with van der Waals surface area (Å²) in [6.07, 6.45) is 0.470. The van der Waals surface area contributed by atoms with Crippen LogP contribution in [0.2, 0.25) is 0 Å². The van der Waals surface area contributed by atoms with Crippen LogP contribution in [0.4, 0.5) is 10.1 Å².